The summed E-state index contributed by atoms with van der Waals surface area (Å²) in [5.74, 6) is 0. The number of thiophene rings is 1. The molecule has 0 radical (unpaired) electrons. The van der Waals surface area contributed by atoms with Crippen molar-refractivity contribution in [3.8, 4) is 21.6 Å². The third-order valence-corrected chi connectivity index (χ3v) is 5.18. The van der Waals surface area contributed by atoms with E-state index < -0.39 is 0 Å². The van der Waals surface area contributed by atoms with Crippen molar-refractivity contribution in [1.82, 2.24) is 14.6 Å². The van der Waals surface area contributed by atoms with Gasteiger partial charge in [0.25, 0.3) is 5.56 Å². The minimum absolute atomic E-state index is 0.180. The summed E-state index contributed by atoms with van der Waals surface area (Å²) in [6, 6.07) is 13.9. The number of benzene rings is 1. The quantitative estimate of drug-likeness (QED) is 0.497. The molecule has 0 amide bonds. The van der Waals surface area contributed by atoms with E-state index in [1.54, 1.807) is 24.6 Å². The second-order valence-corrected chi connectivity index (χ2v) is 6.97. The van der Waals surface area contributed by atoms with E-state index in [1.165, 1.54) is 10.6 Å². The van der Waals surface area contributed by atoms with Gasteiger partial charge < -0.3 is 14.5 Å². The molecule has 0 aliphatic heterocycles. The third-order valence-electron chi connectivity index (χ3n) is 4.22. The number of H-pyrrole nitrogens is 1. The molecule has 0 aliphatic rings. The molecule has 0 spiro atoms. The maximum atomic E-state index is 12.4. The van der Waals surface area contributed by atoms with Crippen molar-refractivity contribution in [2.45, 2.75) is 6.61 Å². The number of nitrogens with zero attached hydrogens (tertiary/aromatic N) is 2. The van der Waals surface area contributed by atoms with Gasteiger partial charge in [0.2, 0.25) is 0 Å². The van der Waals surface area contributed by atoms with E-state index in [9.17, 15) is 4.79 Å². The number of aromatic nitrogens is 3. The van der Waals surface area contributed by atoms with Crippen LogP contribution in [0.5, 0.6) is 0 Å². The highest BCUT2D eigenvalue weighted by Gasteiger charge is 2.13. The first-order valence-corrected chi connectivity index (χ1v) is 9.45. The van der Waals surface area contributed by atoms with Gasteiger partial charge in [0, 0.05) is 23.7 Å². The Morgan fingerprint density at radius 1 is 1.15 bits per heavy atom. The largest absolute Gasteiger partial charge is 0.382 e. The average Bonchev–Trinajstić information content (AvgIpc) is 3.33. The minimum Gasteiger partial charge on any atom is -0.382 e. The number of nitrogens with one attached hydrogen (secondary N) is 1. The van der Waals surface area contributed by atoms with Crippen molar-refractivity contribution in [1.29, 1.82) is 0 Å². The van der Waals surface area contributed by atoms with Crippen LogP contribution >= 0.6 is 11.3 Å². The van der Waals surface area contributed by atoms with E-state index in [4.69, 9.17) is 9.47 Å². The standard InChI is InChI=1S/C20H19N3O3S/c1-25-7-8-26-12-16-10-19(24)23-20(22-16)17(11-21-23)18-9-15(13-27-18)14-5-3-2-4-6-14/h2-6,9-11,13,22H,7-8,12H2,1H3. The molecule has 1 N–H and O–H groups in total. The molecule has 0 aliphatic carbocycles. The van der Waals surface area contributed by atoms with Crippen LogP contribution in [0.4, 0.5) is 0 Å². The lowest BCUT2D eigenvalue weighted by Crippen LogP contribution is -2.16. The molecule has 0 saturated heterocycles. The number of rotatable bonds is 7. The maximum Gasteiger partial charge on any atom is 0.274 e. The summed E-state index contributed by atoms with van der Waals surface area (Å²) in [4.78, 5) is 16.7. The van der Waals surface area contributed by atoms with E-state index in [1.807, 2.05) is 18.2 Å². The van der Waals surface area contributed by atoms with Crippen molar-refractivity contribution >= 4 is 17.0 Å². The first kappa shape index (κ1) is 17.7. The third kappa shape index (κ3) is 3.71. The maximum absolute atomic E-state index is 12.4. The molecule has 0 bridgehead atoms. The summed E-state index contributed by atoms with van der Waals surface area (Å²) in [7, 11) is 1.63. The number of hydrogen-bond donors (Lipinski definition) is 1. The number of ether oxygens (including phenoxy) is 2. The Balaban J connectivity index is 1.67. The Bertz CT molecular complexity index is 1100. The smallest absolute Gasteiger partial charge is 0.274 e. The fourth-order valence-corrected chi connectivity index (χ4v) is 3.81. The molecule has 27 heavy (non-hydrogen) atoms. The molecule has 4 aromatic rings. The van der Waals surface area contributed by atoms with Gasteiger partial charge in [-0.05, 0) is 22.6 Å². The number of aromatic amines is 1. The summed E-state index contributed by atoms with van der Waals surface area (Å²) >= 11 is 1.63. The highest BCUT2D eigenvalue weighted by molar-refractivity contribution is 7.14. The van der Waals surface area contributed by atoms with Gasteiger partial charge in [0.1, 0.15) is 5.65 Å². The lowest BCUT2D eigenvalue weighted by atomic mass is 10.1. The van der Waals surface area contributed by atoms with Gasteiger partial charge in [0.15, 0.2) is 0 Å². The van der Waals surface area contributed by atoms with Gasteiger partial charge in [-0.1, -0.05) is 30.3 Å². The predicted octanol–water partition coefficient (Wildman–Crippen LogP) is 3.58. The highest BCUT2D eigenvalue weighted by Crippen LogP contribution is 2.33. The Kier molecular flexibility index (Phi) is 5.15. The van der Waals surface area contributed by atoms with Crippen molar-refractivity contribution in [3.63, 3.8) is 0 Å². The van der Waals surface area contributed by atoms with Crippen LogP contribution in [-0.2, 0) is 16.1 Å². The summed E-state index contributed by atoms with van der Waals surface area (Å²) in [5.41, 5.74) is 4.42. The number of methoxy groups -OCH3 is 1. The Morgan fingerprint density at radius 2 is 2.00 bits per heavy atom. The Hall–Kier alpha value is -2.74. The van der Waals surface area contributed by atoms with Gasteiger partial charge >= 0.3 is 0 Å². The van der Waals surface area contributed by atoms with Crippen LogP contribution in [0.2, 0.25) is 0 Å². The van der Waals surface area contributed by atoms with Crippen LogP contribution in [0.3, 0.4) is 0 Å². The molecule has 0 fully saturated rings. The van der Waals surface area contributed by atoms with E-state index in [-0.39, 0.29) is 5.56 Å². The molecule has 0 saturated carbocycles. The van der Waals surface area contributed by atoms with Crippen LogP contribution < -0.4 is 5.56 Å². The summed E-state index contributed by atoms with van der Waals surface area (Å²) < 4.78 is 11.9. The van der Waals surface area contributed by atoms with Gasteiger partial charge in [-0.15, -0.1) is 11.3 Å². The SMILES string of the molecule is COCCOCc1cc(=O)n2ncc(-c3cc(-c4ccccc4)cs3)c2[nH]1. The van der Waals surface area contributed by atoms with Gasteiger partial charge in [0.05, 0.1) is 31.6 Å². The van der Waals surface area contributed by atoms with Crippen LogP contribution in [0.1, 0.15) is 5.69 Å². The molecule has 3 aromatic heterocycles. The van der Waals surface area contributed by atoms with E-state index in [0.29, 0.717) is 31.2 Å². The van der Waals surface area contributed by atoms with Crippen molar-refractivity contribution in [2.24, 2.45) is 0 Å². The minimum atomic E-state index is -0.180. The second kappa shape index (κ2) is 7.87. The van der Waals surface area contributed by atoms with Crippen LogP contribution in [0, 0.1) is 0 Å². The molecule has 0 unspecified atom stereocenters. The van der Waals surface area contributed by atoms with Gasteiger partial charge in [-0.25, -0.2) is 0 Å². The van der Waals surface area contributed by atoms with E-state index >= 15 is 0 Å². The molecular weight excluding hydrogens is 362 g/mol. The van der Waals surface area contributed by atoms with Crippen molar-refractivity contribution < 1.29 is 9.47 Å². The van der Waals surface area contributed by atoms with Crippen molar-refractivity contribution in [3.05, 3.63) is 70.1 Å². The average molecular weight is 381 g/mol. The number of fused-ring (bicyclic) bond motifs is 1. The van der Waals surface area contributed by atoms with E-state index in [2.05, 4.69) is 33.7 Å². The van der Waals surface area contributed by atoms with Crippen LogP contribution in [0.15, 0.2) is 58.8 Å². The molecule has 4 rings (SSSR count). The molecule has 7 heteroatoms. The number of hydrogen-bond acceptors (Lipinski definition) is 5. The summed E-state index contributed by atoms with van der Waals surface area (Å²) in [6.07, 6.45) is 1.73. The first-order chi connectivity index (χ1) is 13.3. The van der Waals surface area contributed by atoms with Gasteiger partial charge in [-0.2, -0.15) is 9.61 Å². The molecule has 138 valence electrons. The zero-order valence-electron chi connectivity index (χ0n) is 14.8. The van der Waals surface area contributed by atoms with Crippen LogP contribution in [0.25, 0.3) is 27.2 Å². The van der Waals surface area contributed by atoms with Crippen LogP contribution in [-0.4, -0.2) is 34.9 Å². The molecule has 0 atom stereocenters. The highest BCUT2D eigenvalue weighted by atomic mass is 32.1. The molecule has 6 nitrogen and oxygen atoms in total. The lowest BCUT2D eigenvalue weighted by molar-refractivity contribution is 0.0602. The van der Waals surface area contributed by atoms with E-state index in [0.717, 1.165) is 21.6 Å². The zero-order chi connectivity index (χ0) is 18.6. The zero-order valence-corrected chi connectivity index (χ0v) is 15.7. The summed E-state index contributed by atoms with van der Waals surface area (Å²) in [6.45, 7) is 1.31. The summed E-state index contributed by atoms with van der Waals surface area (Å²) in [5, 5.41) is 6.36. The fraction of sp³-hybridized carbons (Fsp3) is 0.200. The van der Waals surface area contributed by atoms with Gasteiger partial charge in [-0.3, -0.25) is 4.79 Å². The monoisotopic (exact) mass is 381 g/mol. The first-order valence-electron chi connectivity index (χ1n) is 8.57. The fourth-order valence-electron chi connectivity index (χ4n) is 2.88. The second-order valence-electron chi connectivity index (χ2n) is 6.06. The lowest BCUT2D eigenvalue weighted by Gasteiger charge is -2.05. The molecule has 1 aromatic carbocycles. The Morgan fingerprint density at radius 3 is 2.81 bits per heavy atom. The normalized spacial score (nSPS) is 11.3. The molecule has 3 heterocycles. The molecular formula is C20H19N3O3S. The topological polar surface area (TPSA) is 68.6 Å². The van der Waals surface area contributed by atoms with Crippen molar-refractivity contribution in [2.75, 3.05) is 20.3 Å². The Labute approximate surface area is 160 Å². The predicted molar refractivity (Wildman–Crippen MR) is 106 cm³/mol.